The van der Waals surface area contributed by atoms with Gasteiger partial charge in [-0.3, -0.25) is 0 Å². The van der Waals surface area contributed by atoms with Crippen LogP contribution in [0.2, 0.25) is 0 Å². The predicted octanol–water partition coefficient (Wildman–Crippen LogP) is 4.72. The number of halogens is 2. The van der Waals surface area contributed by atoms with Gasteiger partial charge in [-0.1, -0.05) is 15.9 Å². The molecule has 0 aliphatic rings. The molecule has 0 amide bonds. The lowest BCUT2D eigenvalue weighted by molar-refractivity contribution is 0.335. The third-order valence-corrected chi connectivity index (χ3v) is 4.71. The molecule has 2 nitrogen and oxygen atoms in total. The second kappa shape index (κ2) is 6.19. The molecular formula is C13H13Br2NOS. The molecule has 0 saturated heterocycles. The fourth-order valence-electron chi connectivity index (χ4n) is 1.70. The van der Waals surface area contributed by atoms with E-state index in [9.17, 15) is 0 Å². The van der Waals surface area contributed by atoms with Crippen molar-refractivity contribution in [1.29, 1.82) is 0 Å². The Morgan fingerprint density at radius 1 is 1.28 bits per heavy atom. The van der Waals surface area contributed by atoms with Crippen LogP contribution in [0.4, 0.5) is 0 Å². The Morgan fingerprint density at radius 3 is 2.67 bits per heavy atom. The van der Waals surface area contributed by atoms with E-state index in [0.717, 1.165) is 24.4 Å². The van der Waals surface area contributed by atoms with Gasteiger partial charge in [0.25, 0.3) is 0 Å². The molecule has 0 fully saturated rings. The number of hydrogen-bond acceptors (Lipinski definition) is 3. The first-order valence-electron chi connectivity index (χ1n) is 5.55. The summed E-state index contributed by atoms with van der Waals surface area (Å²) in [7, 11) is 0. The lowest BCUT2D eigenvalue weighted by atomic mass is 10.1. The highest BCUT2D eigenvalue weighted by atomic mass is 79.9. The number of nitrogens with two attached hydrogens (primary N) is 1. The van der Waals surface area contributed by atoms with Crippen LogP contribution >= 0.6 is 43.2 Å². The Hall–Kier alpha value is -0.360. The zero-order valence-electron chi connectivity index (χ0n) is 9.82. The highest BCUT2D eigenvalue weighted by Gasteiger charge is 2.16. The van der Waals surface area contributed by atoms with Crippen molar-refractivity contribution >= 4 is 43.2 Å². The largest absolute Gasteiger partial charge is 0.494 e. The van der Waals surface area contributed by atoms with Gasteiger partial charge in [0, 0.05) is 14.9 Å². The molecule has 2 N–H and O–H groups in total. The van der Waals surface area contributed by atoms with Crippen molar-refractivity contribution in [2.75, 3.05) is 6.61 Å². The molecule has 1 aromatic heterocycles. The molecule has 0 aliphatic heterocycles. The number of ether oxygens (including phenoxy) is 1. The Labute approximate surface area is 127 Å². The van der Waals surface area contributed by atoms with Crippen LogP contribution in [0.1, 0.15) is 23.4 Å². The maximum atomic E-state index is 6.32. The first kappa shape index (κ1) is 14.1. The molecule has 1 heterocycles. The van der Waals surface area contributed by atoms with Crippen molar-refractivity contribution in [2.45, 2.75) is 13.0 Å². The predicted molar refractivity (Wildman–Crippen MR) is 83.4 cm³/mol. The number of hydrogen-bond donors (Lipinski definition) is 1. The van der Waals surface area contributed by atoms with E-state index in [1.807, 2.05) is 37.3 Å². The van der Waals surface area contributed by atoms with Crippen LogP contribution in [0.25, 0.3) is 0 Å². The average Bonchev–Trinajstić information content (AvgIpc) is 2.77. The van der Waals surface area contributed by atoms with Crippen LogP contribution in [-0.2, 0) is 0 Å². The molecule has 0 spiro atoms. The standard InChI is InChI=1S/C13H13Br2NOS/c1-2-17-10-4-3-8(14)7-9(10)13(16)11-5-6-12(15)18-11/h3-7,13H,2,16H2,1H3. The van der Waals surface area contributed by atoms with Gasteiger partial charge in [0.15, 0.2) is 0 Å². The van der Waals surface area contributed by atoms with Gasteiger partial charge in [-0.25, -0.2) is 0 Å². The van der Waals surface area contributed by atoms with Crippen LogP contribution in [-0.4, -0.2) is 6.61 Å². The first-order chi connectivity index (χ1) is 8.61. The molecule has 96 valence electrons. The maximum absolute atomic E-state index is 6.32. The van der Waals surface area contributed by atoms with Crippen LogP contribution < -0.4 is 10.5 Å². The molecule has 2 aromatic rings. The van der Waals surface area contributed by atoms with Gasteiger partial charge in [0.2, 0.25) is 0 Å². The summed E-state index contributed by atoms with van der Waals surface area (Å²) in [4.78, 5) is 1.11. The molecule has 2 rings (SSSR count). The van der Waals surface area contributed by atoms with E-state index in [1.165, 1.54) is 0 Å². The van der Waals surface area contributed by atoms with Crippen LogP contribution in [0.3, 0.4) is 0 Å². The van der Waals surface area contributed by atoms with E-state index in [4.69, 9.17) is 10.5 Å². The second-order valence-corrected chi connectivity index (χ2v) is 7.14. The highest BCUT2D eigenvalue weighted by Crippen LogP contribution is 2.35. The smallest absolute Gasteiger partial charge is 0.124 e. The Kier molecular flexibility index (Phi) is 4.84. The normalized spacial score (nSPS) is 12.4. The topological polar surface area (TPSA) is 35.2 Å². The molecule has 1 atom stereocenters. The van der Waals surface area contributed by atoms with Gasteiger partial charge in [-0.05, 0) is 53.2 Å². The number of rotatable bonds is 4. The maximum Gasteiger partial charge on any atom is 0.124 e. The van der Waals surface area contributed by atoms with E-state index in [1.54, 1.807) is 11.3 Å². The van der Waals surface area contributed by atoms with Crippen molar-refractivity contribution in [3.05, 3.63) is 49.0 Å². The summed E-state index contributed by atoms with van der Waals surface area (Å²) < 4.78 is 7.72. The minimum atomic E-state index is -0.166. The Bertz CT molecular complexity index is 542. The minimum Gasteiger partial charge on any atom is -0.494 e. The van der Waals surface area contributed by atoms with E-state index in [-0.39, 0.29) is 6.04 Å². The minimum absolute atomic E-state index is 0.166. The van der Waals surface area contributed by atoms with Gasteiger partial charge < -0.3 is 10.5 Å². The Balaban J connectivity index is 2.39. The van der Waals surface area contributed by atoms with Gasteiger partial charge in [-0.15, -0.1) is 11.3 Å². The summed E-state index contributed by atoms with van der Waals surface area (Å²) in [6.07, 6.45) is 0. The molecule has 0 saturated carbocycles. The number of benzene rings is 1. The van der Waals surface area contributed by atoms with E-state index in [2.05, 4.69) is 31.9 Å². The lowest BCUT2D eigenvalue weighted by Crippen LogP contribution is -2.12. The van der Waals surface area contributed by atoms with Crippen molar-refractivity contribution < 1.29 is 4.74 Å². The molecule has 5 heteroatoms. The summed E-state index contributed by atoms with van der Waals surface area (Å²) in [5.74, 6) is 0.845. The van der Waals surface area contributed by atoms with Gasteiger partial charge in [-0.2, -0.15) is 0 Å². The quantitative estimate of drug-likeness (QED) is 0.819. The van der Waals surface area contributed by atoms with Crippen molar-refractivity contribution in [3.63, 3.8) is 0 Å². The van der Waals surface area contributed by atoms with Crippen LogP contribution in [0.15, 0.2) is 38.6 Å². The summed E-state index contributed by atoms with van der Waals surface area (Å²) in [5.41, 5.74) is 7.32. The monoisotopic (exact) mass is 389 g/mol. The third kappa shape index (κ3) is 3.15. The molecule has 1 aromatic carbocycles. The van der Waals surface area contributed by atoms with Crippen molar-refractivity contribution in [2.24, 2.45) is 5.73 Å². The molecule has 0 radical (unpaired) electrons. The van der Waals surface area contributed by atoms with Crippen molar-refractivity contribution in [3.8, 4) is 5.75 Å². The van der Waals surface area contributed by atoms with E-state index in [0.29, 0.717) is 6.61 Å². The summed E-state index contributed by atoms with van der Waals surface area (Å²) >= 11 is 8.58. The fourth-order valence-corrected chi connectivity index (χ4v) is 3.52. The van der Waals surface area contributed by atoms with Gasteiger partial charge in [0.05, 0.1) is 16.4 Å². The lowest BCUT2D eigenvalue weighted by Gasteiger charge is -2.16. The van der Waals surface area contributed by atoms with E-state index < -0.39 is 0 Å². The van der Waals surface area contributed by atoms with Crippen LogP contribution in [0, 0.1) is 0 Å². The summed E-state index contributed by atoms with van der Waals surface area (Å²) in [6.45, 7) is 2.61. The first-order valence-corrected chi connectivity index (χ1v) is 7.95. The van der Waals surface area contributed by atoms with Crippen LogP contribution in [0.5, 0.6) is 5.75 Å². The molecule has 18 heavy (non-hydrogen) atoms. The SMILES string of the molecule is CCOc1ccc(Br)cc1C(N)c1ccc(Br)s1. The average molecular weight is 391 g/mol. The molecule has 0 bridgehead atoms. The van der Waals surface area contributed by atoms with Gasteiger partial charge in [0.1, 0.15) is 5.75 Å². The zero-order chi connectivity index (χ0) is 13.1. The molecule has 0 aliphatic carbocycles. The fraction of sp³-hybridized carbons (Fsp3) is 0.231. The number of thiophene rings is 1. The van der Waals surface area contributed by atoms with Crippen molar-refractivity contribution in [1.82, 2.24) is 0 Å². The highest BCUT2D eigenvalue weighted by molar-refractivity contribution is 9.11. The molecular weight excluding hydrogens is 378 g/mol. The summed E-state index contributed by atoms with van der Waals surface area (Å²) in [5, 5.41) is 0. The van der Waals surface area contributed by atoms with Gasteiger partial charge >= 0.3 is 0 Å². The summed E-state index contributed by atoms with van der Waals surface area (Å²) in [6, 6.07) is 9.81. The zero-order valence-corrected chi connectivity index (χ0v) is 13.8. The third-order valence-electron chi connectivity index (χ3n) is 2.51. The molecule has 1 unspecified atom stereocenters. The Morgan fingerprint density at radius 2 is 2.06 bits per heavy atom. The van der Waals surface area contributed by atoms with E-state index >= 15 is 0 Å². The second-order valence-electron chi connectivity index (χ2n) is 3.73.